The highest BCUT2D eigenvalue weighted by Gasteiger charge is 2.31. The van der Waals surface area contributed by atoms with Gasteiger partial charge < -0.3 is 21.1 Å². The van der Waals surface area contributed by atoms with Crippen molar-refractivity contribution in [3.8, 4) is 0 Å². The summed E-state index contributed by atoms with van der Waals surface area (Å²) in [6, 6.07) is 0.668. The van der Waals surface area contributed by atoms with Gasteiger partial charge in [-0.2, -0.15) is 4.98 Å². The molecule has 1 amide bonds. The number of primary amides is 1. The van der Waals surface area contributed by atoms with Gasteiger partial charge in [0, 0.05) is 24.9 Å². The van der Waals surface area contributed by atoms with Crippen LogP contribution in [0.5, 0.6) is 0 Å². The van der Waals surface area contributed by atoms with E-state index in [-0.39, 0.29) is 0 Å². The van der Waals surface area contributed by atoms with Crippen LogP contribution >= 0.6 is 0 Å². The molecule has 0 spiro atoms. The number of nitrogens with one attached hydrogen (secondary N) is 2. The SMILES string of the molecule is CCOC1CCC(Nc2ncc(C(N)=O)c(N[C@H](CC)C3CC3)n2)CC1. The Kier molecular flexibility index (Phi) is 6.29. The summed E-state index contributed by atoms with van der Waals surface area (Å²) < 4.78 is 5.71. The third kappa shape index (κ3) is 4.84. The molecule has 7 nitrogen and oxygen atoms in total. The molecule has 0 saturated heterocycles. The van der Waals surface area contributed by atoms with Gasteiger partial charge in [0.25, 0.3) is 5.91 Å². The Labute approximate surface area is 155 Å². The molecular weight excluding hydrogens is 330 g/mol. The van der Waals surface area contributed by atoms with Gasteiger partial charge in [0.2, 0.25) is 5.95 Å². The molecule has 26 heavy (non-hydrogen) atoms. The summed E-state index contributed by atoms with van der Waals surface area (Å²) in [6.45, 7) is 4.96. The van der Waals surface area contributed by atoms with Crippen molar-refractivity contribution in [2.45, 2.75) is 77.0 Å². The molecule has 0 radical (unpaired) electrons. The number of anilines is 2. The number of carbonyl (C=O) groups excluding carboxylic acids is 1. The van der Waals surface area contributed by atoms with Gasteiger partial charge in [0.1, 0.15) is 5.82 Å². The summed E-state index contributed by atoms with van der Waals surface area (Å²) >= 11 is 0. The summed E-state index contributed by atoms with van der Waals surface area (Å²) in [5.74, 6) is 1.28. The van der Waals surface area contributed by atoms with Gasteiger partial charge in [-0.15, -0.1) is 0 Å². The second kappa shape index (κ2) is 8.66. The Hall–Kier alpha value is -1.89. The first-order chi connectivity index (χ1) is 12.6. The molecule has 1 heterocycles. The minimum Gasteiger partial charge on any atom is -0.379 e. The normalized spacial score (nSPS) is 24.1. The smallest absolute Gasteiger partial charge is 0.254 e. The predicted molar refractivity (Wildman–Crippen MR) is 102 cm³/mol. The van der Waals surface area contributed by atoms with Gasteiger partial charge in [-0.3, -0.25) is 4.79 Å². The van der Waals surface area contributed by atoms with Crippen LogP contribution in [0.25, 0.3) is 0 Å². The predicted octanol–water partition coefficient (Wildman–Crippen LogP) is 2.94. The lowest BCUT2D eigenvalue weighted by molar-refractivity contribution is 0.0346. The van der Waals surface area contributed by atoms with Crippen molar-refractivity contribution < 1.29 is 9.53 Å². The third-order valence-electron chi connectivity index (χ3n) is 5.42. The fraction of sp³-hybridized carbons (Fsp3) is 0.737. The number of hydrogen-bond donors (Lipinski definition) is 3. The van der Waals surface area contributed by atoms with Crippen LogP contribution in [0.3, 0.4) is 0 Å². The minimum atomic E-state index is -0.498. The first-order valence-corrected chi connectivity index (χ1v) is 9.92. The van der Waals surface area contributed by atoms with Crippen LogP contribution in [-0.4, -0.2) is 40.7 Å². The summed E-state index contributed by atoms with van der Waals surface area (Å²) in [5.41, 5.74) is 5.86. The Bertz CT molecular complexity index is 612. The standard InChI is InChI=1S/C19H31N5O2/c1-3-16(12-5-6-12)23-18-15(17(20)25)11-21-19(24-18)22-13-7-9-14(10-8-13)26-4-2/h11-14,16H,3-10H2,1-2H3,(H2,20,25)(H2,21,22,23,24)/t13?,14?,16-/m1/s1. The quantitative estimate of drug-likeness (QED) is 0.625. The van der Waals surface area contributed by atoms with E-state index >= 15 is 0 Å². The van der Waals surface area contributed by atoms with Gasteiger partial charge in [-0.25, -0.2) is 4.98 Å². The van der Waals surface area contributed by atoms with E-state index in [0.29, 0.717) is 41.4 Å². The lowest BCUT2D eigenvalue weighted by atomic mass is 9.93. The van der Waals surface area contributed by atoms with Crippen molar-refractivity contribution in [2.75, 3.05) is 17.2 Å². The fourth-order valence-electron chi connectivity index (χ4n) is 3.76. The van der Waals surface area contributed by atoms with Crippen molar-refractivity contribution in [3.05, 3.63) is 11.8 Å². The minimum absolute atomic E-state index is 0.331. The van der Waals surface area contributed by atoms with Crippen LogP contribution in [0.4, 0.5) is 11.8 Å². The molecule has 3 rings (SSSR count). The first kappa shape index (κ1) is 18.9. The van der Waals surface area contributed by atoms with E-state index < -0.39 is 5.91 Å². The van der Waals surface area contributed by atoms with Crippen molar-refractivity contribution in [1.82, 2.24) is 9.97 Å². The van der Waals surface area contributed by atoms with Crippen LogP contribution in [-0.2, 0) is 4.74 Å². The van der Waals surface area contributed by atoms with Gasteiger partial charge in [0.15, 0.2) is 0 Å². The summed E-state index contributed by atoms with van der Waals surface area (Å²) in [4.78, 5) is 20.6. The highest BCUT2D eigenvalue weighted by Crippen LogP contribution is 2.36. The van der Waals surface area contributed by atoms with E-state index in [2.05, 4.69) is 27.5 Å². The number of ether oxygens (including phenoxy) is 1. The molecule has 0 aromatic carbocycles. The molecule has 1 aromatic rings. The topological polar surface area (TPSA) is 102 Å². The maximum absolute atomic E-state index is 11.7. The van der Waals surface area contributed by atoms with E-state index in [0.717, 1.165) is 38.7 Å². The van der Waals surface area contributed by atoms with E-state index in [4.69, 9.17) is 10.5 Å². The molecule has 0 unspecified atom stereocenters. The summed E-state index contributed by atoms with van der Waals surface area (Å²) in [6.07, 6.45) is 9.54. The maximum atomic E-state index is 11.7. The highest BCUT2D eigenvalue weighted by atomic mass is 16.5. The number of amides is 1. The zero-order valence-corrected chi connectivity index (χ0v) is 15.8. The molecule has 2 aliphatic rings. The van der Waals surface area contributed by atoms with Crippen LogP contribution < -0.4 is 16.4 Å². The van der Waals surface area contributed by atoms with E-state index in [9.17, 15) is 4.79 Å². The van der Waals surface area contributed by atoms with E-state index in [1.807, 2.05) is 6.92 Å². The van der Waals surface area contributed by atoms with Crippen LogP contribution in [0.2, 0.25) is 0 Å². The molecule has 2 fully saturated rings. The maximum Gasteiger partial charge on any atom is 0.254 e. The van der Waals surface area contributed by atoms with Gasteiger partial charge in [0.05, 0.1) is 11.7 Å². The number of aromatic nitrogens is 2. The number of nitrogens with zero attached hydrogens (tertiary/aromatic N) is 2. The zero-order chi connectivity index (χ0) is 18.5. The van der Waals surface area contributed by atoms with Crippen molar-refractivity contribution in [3.63, 3.8) is 0 Å². The van der Waals surface area contributed by atoms with E-state index in [1.165, 1.54) is 19.0 Å². The zero-order valence-electron chi connectivity index (χ0n) is 15.8. The van der Waals surface area contributed by atoms with E-state index in [1.54, 1.807) is 0 Å². The molecule has 4 N–H and O–H groups in total. The molecule has 2 aliphatic carbocycles. The highest BCUT2D eigenvalue weighted by molar-refractivity contribution is 5.97. The van der Waals surface area contributed by atoms with Crippen molar-refractivity contribution >= 4 is 17.7 Å². The Morgan fingerprint density at radius 3 is 2.58 bits per heavy atom. The largest absolute Gasteiger partial charge is 0.379 e. The Morgan fingerprint density at radius 2 is 2.00 bits per heavy atom. The number of nitrogens with two attached hydrogens (primary N) is 1. The number of carbonyl (C=O) groups is 1. The number of rotatable bonds is 9. The third-order valence-corrected chi connectivity index (χ3v) is 5.42. The first-order valence-electron chi connectivity index (χ1n) is 9.92. The monoisotopic (exact) mass is 361 g/mol. The molecule has 144 valence electrons. The lowest BCUT2D eigenvalue weighted by Crippen LogP contribution is -2.31. The molecule has 0 aliphatic heterocycles. The van der Waals surface area contributed by atoms with Crippen LogP contribution in [0, 0.1) is 5.92 Å². The average Bonchev–Trinajstić information content (AvgIpc) is 3.46. The lowest BCUT2D eigenvalue weighted by Gasteiger charge is -2.29. The molecule has 2 saturated carbocycles. The molecule has 1 atom stereocenters. The summed E-state index contributed by atoms with van der Waals surface area (Å²) in [5, 5.41) is 6.85. The van der Waals surface area contributed by atoms with Crippen LogP contribution in [0.15, 0.2) is 6.20 Å². The molecule has 0 bridgehead atoms. The Balaban J connectivity index is 1.66. The average molecular weight is 361 g/mol. The van der Waals surface area contributed by atoms with Gasteiger partial charge in [-0.05, 0) is 57.8 Å². The molecule has 7 heteroatoms. The fourth-order valence-corrected chi connectivity index (χ4v) is 3.76. The number of hydrogen-bond acceptors (Lipinski definition) is 6. The summed E-state index contributed by atoms with van der Waals surface area (Å²) in [7, 11) is 0. The van der Waals surface area contributed by atoms with Crippen molar-refractivity contribution in [2.24, 2.45) is 11.7 Å². The van der Waals surface area contributed by atoms with Crippen LogP contribution in [0.1, 0.15) is 69.2 Å². The second-order valence-electron chi connectivity index (χ2n) is 7.39. The Morgan fingerprint density at radius 1 is 1.27 bits per heavy atom. The second-order valence-corrected chi connectivity index (χ2v) is 7.39. The molecular formula is C19H31N5O2. The van der Waals surface area contributed by atoms with Crippen molar-refractivity contribution in [1.29, 1.82) is 0 Å². The molecule has 1 aromatic heterocycles. The van der Waals surface area contributed by atoms with Gasteiger partial charge in [-0.1, -0.05) is 6.92 Å². The van der Waals surface area contributed by atoms with Gasteiger partial charge >= 0.3 is 0 Å².